The Bertz CT molecular complexity index is 1500. The van der Waals surface area contributed by atoms with Gasteiger partial charge in [0.15, 0.2) is 4.80 Å². The molecule has 0 saturated carbocycles. The van der Waals surface area contributed by atoms with Gasteiger partial charge < -0.3 is 4.57 Å². The van der Waals surface area contributed by atoms with Gasteiger partial charge in [0.05, 0.1) is 20.8 Å². The molecule has 4 rings (SSSR count). The standard InChI is InChI=1S/C25H25N3O3S2/c1-5-28-22-15-17(2)18(3)16-23(22)32-25(28)26-24(29)19-11-13-21(14-12-19)33(30,31)27(4)20-9-7-6-8-10-20/h6-16H,5H2,1-4H3. The average molecular weight is 480 g/mol. The molecule has 0 fully saturated rings. The summed E-state index contributed by atoms with van der Waals surface area (Å²) in [5, 5.41) is 0. The summed E-state index contributed by atoms with van der Waals surface area (Å²) in [6.07, 6.45) is 0. The number of sulfonamides is 1. The minimum atomic E-state index is -3.74. The van der Waals surface area contributed by atoms with Crippen molar-refractivity contribution in [1.82, 2.24) is 4.57 Å². The first-order valence-corrected chi connectivity index (χ1v) is 12.8. The number of para-hydroxylation sites is 1. The van der Waals surface area contributed by atoms with E-state index in [0.29, 0.717) is 22.6 Å². The molecule has 0 spiro atoms. The van der Waals surface area contributed by atoms with E-state index in [1.807, 2.05) is 17.6 Å². The number of amides is 1. The minimum absolute atomic E-state index is 0.113. The van der Waals surface area contributed by atoms with Crippen molar-refractivity contribution in [2.45, 2.75) is 32.2 Å². The van der Waals surface area contributed by atoms with Crippen molar-refractivity contribution < 1.29 is 13.2 Å². The van der Waals surface area contributed by atoms with Crippen molar-refractivity contribution >= 4 is 43.2 Å². The number of nitrogens with zero attached hydrogens (tertiary/aromatic N) is 3. The van der Waals surface area contributed by atoms with Crippen LogP contribution in [0.15, 0.2) is 76.6 Å². The Labute approximate surface area is 197 Å². The van der Waals surface area contributed by atoms with E-state index >= 15 is 0 Å². The van der Waals surface area contributed by atoms with Crippen LogP contribution >= 0.6 is 11.3 Å². The Hall–Kier alpha value is -3.23. The Morgan fingerprint density at radius 3 is 2.27 bits per heavy atom. The van der Waals surface area contributed by atoms with Crippen molar-refractivity contribution in [2.24, 2.45) is 4.99 Å². The van der Waals surface area contributed by atoms with Gasteiger partial charge in [-0.2, -0.15) is 4.99 Å². The highest BCUT2D eigenvalue weighted by atomic mass is 32.2. The number of hydrogen-bond donors (Lipinski definition) is 0. The number of carbonyl (C=O) groups is 1. The van der Waals surface area contributed by atoms with Crippen molar-refractivity contribution in [3.05, 3.63) is 88.2 Å². The van der Waals surface area contributed by atoms with Crippen molar-refractivity contribution in [2.75, 3.05) is 11.4 Å². The molecule has 0 aliphatic rings. The Morgan fingerprint density at radius 2 is 1.64 bits per heavy atom. The predicted molar refractivity (Wildman–Crippen MR) is 133 cm³/mol. The highest BCUT2D eigenvalue weighted by molar-refractivity contribution is 7.92. The third-order valence-corrected chi connectivity index (χ3v) is 8.53. The Balaban J connectivity index is 1.66. The molecule has 0 bridgehead atoms. The molecular weight excluding hydrogens is 454 g/mol. The van der Waals surface area contributed by atoms with E-state index in [4.69, 9.17) is 0 Å². The summed E-state index contributed by atoms with van der Waals surface area (Å²) in [4.78, 5) is 18.0. The molecule has 1 amide bonds. The highest BCUT2D eigenvalue weighted by Crippen LogP contribution is 2.23. The van der Waals surface area contributed by atoms with E-state index in [0.717, 1.165) is 10.2 Å². The van der Waals surface area contributed by atoms with Crippen LogP contribution in [-0.4, -0.2) is 25.9 Å². The fraction of sp³-hybridized carbons (Fsp3) is 0.200. The summed E-state index contributed by atoms with van der Waals surface area (Å²) >= 11 is 1.48. The second-order valence-electron chi connectivity index (χ2n) is 7.78. The fourth-order valence-electron chi connectivity index (χ4n) is 3.57. The van der Waals surface area contributed by atoms with E-state index < -0.39 is 15.9 Å². The average Bonchev–Trinajstić information content (AvgIpc) is 3.14. The minimum Gasteiger partial charge on any atom is -0.317 e. The zero-order chi connectivity index (χ0) is 23.8. The lowest BCUT2D eigenvalue weighted by Crippen LogP contribution is -2.26. The van der Waals surface area contributed by atoms with Crippen LogP contribution in [-0.2, 0) is 16.6 Å². The van der Waals surface area contributed by atoms with Gasteiger partial charge in [0.1, 0.15) is 0 Å². The summed E-state index contributed by atoms with van der Waals surface area (Å²) in [7, 11) is -2.23. The molecule has 1 aromatic heterocycles. The van der Waals surface area contributed by atoms with E-state index in [1.165, 1.54) is 58.1 Å². The molecule has 0 radical (unpaired) electrons. The summed E-state index contributed by atoms with van der Waals surface area (Å²) in [5.74, 6) is -0.405. The lowest BCUT2D eigenvalue weighted by atomic mass is 10.1. The maximum atomic E-state index is 13.0. The first-order valence-electron chi connectivity index (χ1n) is 10.6. The third-order valence-electron chi connectivity index (χ3n) is 5.69. The molecule has 1 heterocycles. The maximum absolute atomic E-state index is 13.0. The molecule has 0 atom stereocenters. The SMILES string of the molecule is CCn1c(=NC(=O)c2ccc(S(=O)(=O)N(C)c3ccccc3)cc2)sc2cc(C)c(C)cc21. The van der Waals surface area contributed by atoms with E-state index in [9.17, 15) is 13.2 Å². The summed E-state index contributed by atoms with van der Waals surface area (Å²) in [5.41, 5.74) is 4.35. The number of benzene rings is 3. The predicted octanol–water partition coefficient (Wildman–Crippen LogP) is 4.91. The van der Waals surface area contributed by atoms with Crippen LogP contribution in [0.4, 0.5) is 5.69 Å². The largest absolute Gasteiger partial charge is 0.317 e. The van der Waals surface area contributed by atoms with Crippen LogP contribution in [0.25, 0.3) is 10.2 Å². The molecule has 3 aromatic carbocycles. The lowest BCUT2D eigenvalue weighted by molar-refractivity contribution is 0.0997. The molecule has 0 N–H and O–H groups in total. The Kier molecular flexibility index (Phi) is 6.23. The number of fused-ring (bicyclic) bond motifs is 1. The van der Waals surface area contributed by atoms with Gasteiger partial charge in [0.2, 0.25) is 0 Å². The van der Waals surface area contributed by atoms with Crippen molar-refractivity contribution in [3.63, 3.8) is 0 Å². The van der Waals surface area contributed by atoms with Crippen LogP contribution in [0.1, 0.15) is 28.4 Å². The molecule has 8 heteroatoms. The van der Waals surface area contributed by atoms with Crippen LogP contribution in [0.3, 0.4) is 0 Å². The van der Waals surface area contributed by atoms with Crippen LogP contribution in [0.5, 0.6) is 0 Å². The summed E-state index contributed by atoms with van der Waals surface area (Å²) in [6.45, 7) is 6.85. The number of rotatable bonds is 5. The van der Waals surface area contributed by atoms with Crippen molar-refractivity contribution in [3.8, 4) is 0 Å². The second-order valence-corrected chi connectivity index (χ2v) is 10.8. The first kappa shape index (κ1) is 22.9. The second kappa shape index (κ2) is 8.96. The van der Waals surface area contributed by atoms with Crippen LogP contribution in [0.2, 0.25) is 0 Å². The number of carbonyl (C=O) groups excluding carboxylic acids is 1. The number of thiazole rings is 1. The monoisotopic (exact) mass is 479 g/mol. The molecule has 0 saturated heterocycles. The molecule has 0 aliphatic carbocycles. The van der Waals surface area contributed by atoms with E-state index in [2.05, 4.69) is 31.0 Å². The lowest BCUT2D eigenvalue weighted by Gasteiger charge is -2.19. The number of hydrogen-bond acceptors (Lipinski definition) is 4. The van der Waals surface area contributed by atoms with Gasteiger partial charge in [-0.05, 0) is 80.4 Å². The van der Waals surface area contributed by atoms with Crippen LogP contribution < -0.4 is 9.11 Å². The maximum Gasteiger partial charge on any atom is 0.279 e. The molecule has 170 valence electrons. The number of aryl methyl sites for hydroxylation is 3. The quantitative estimate of drug-likeness (QED) is 0.408. The summed E-state index contributed by atoms with van der Waals surface area (Å²) in [6, 6.07) is 19.0. The van der Waals surface area contributed by atoms with Crippen LogP contribution in [0, 0.1) is 13.8 Å². The highest BCUT2D eigenvalue weighted by Gasteiger charge is 2.21. The van der Waals surface area contributed by atoms with Gasteiger partial charge >= 0.3 is 0 Å². The number of anilines is 1. The van der Waals surface area contributed by atoms with E-state index in [-0.39, 0.29) is 4.90 Å². The molecule has 33 heavy (non-hydrogen) atoms. The van der Waals surface area contributed by atoms with Crippen molar-refractivity contribution in [1.29, 1.82) is 0 Å². The topological polar surface area (TPSA) is 71.7 Å². The fourth-order valence-corrected chi connectivity index (χ4v) is 5.94. The van der Waals surface area contributed by atoms with Gasteiger partial charge in [-0.3, -0.25) is 9.10 Å². The summed E-state index contributed by atoms with van der Waals surface area (Å²) < 4.78 is 30.2. The molecule has 4 aromatic rings. The third kappa shape index (κ3) is 4.36. The van der Waals surface area contributed by atoms with E-state index in [1.54, 1.807) is 24.3 Å². The molecule has 6 nitrogen and oxygen atoms in total. The molecule has 0 unspecified atom stereocenters. The van der Waals surface area contributed by atoms with Gasteiger partial charge in [0, 0.05) is 19.2 Å². The smallest absolute Gasteiger partial charge is 0.279 e. The zero-order valence-corrected chi connectivity index (χ0v) is 20.6. The van der Waals surface area contributed by atoms with Gasteiger partial charge in [0.25, 0.3) is 15.9 Å². The van der Waals surface area contributed by atoms with Gasteiger partial charge in [-0.15, -0.1) is 0 Å². The van der Waals surface area contributed by atoms with Gasteiger partial charge in [-0.25, -0.2) is 8.42 Å². The molecule has 0 aliphatic heterocycles. The normalized spacial score (nSPS) is 12.3. The Morgan fingerprint density at radius 1 is 1.00 bits per heavy atom. The molecular formula is C25H25N3O3S2. The zero-order valence-electron chi connectivity index (χ0n) is 18.9. The number of aromatic nitrogens is 1. The first-order chi connectivity index (χ1) is 15.7. The van der Waals surface area contributed by atoms with Gasteiger partial charge in [-0.1, -0.05) is 29.5 Å².